The number of aliphatic hydroxyl groups is 1. The van der Waals surface area contributed by atoms with Crippen molar-refractivity contribution in [1.82, 2.24) is 15.6 Å². The number of carbonyl (C=O) groups is 2. The monoisotopic (exact) mass is 426 g/mol. The van der Waals surface area contributed by atoms with Gasteiger partial charge in [-0.15, -0.1) is 0 Å². The van der Waals surface area contributed by atoms with Crippen LogP contribution in [0.25, 0.3) is 0 Å². The van der Waals surface area contributed by atoms with Gasteiger partial charge >= 0.3 is 6.03 Å². The Balaban J connectivity index is 1.49. The van der Waals surface area contributed by atoms with Gasteiger partial charge in [-0.1, -0.05) is 24.3 Å². The standard InChI is InChI=1S/C22H26N4O5/c1-30-17-7-4-6-15(11-17)25-22(29)26-19-9-8-18(31-20(19)14-27)12-21(28)24-13-16-5-2-3-10-23-16/h2-11,18-20,27H,12-14H2,1H3,(H,24,28)(H2,25,26,29)/t18-,19-,20+/m1/s1. The lowest BCUT2D eigenvalue weighted by molar-refractivity contribution is -0.125. The molecule has 1 aromatic heterocycles. The van der Waals surface area contributed by atoms with Gasteiger partial charge in [-0.2, -0.15) is 0 Å². The minimum absolute atomic E-state index is 0.0998. The van der Waals surface area contributed by atoms with Crippen LogP contribution in [0.15, 0.2) is 60.8 Å². The number of aromatic nitrogens is 1. The van der Waals surface area contributed by atoms with Crippen LogP contribution in [0.2, 0.25) is 0 Å². The van der Waals surface area contributed by atoms with Crippen LogP contribution in [0.5, 0.6) is 5.75 Å². The molecule has 0 unspecified atom stereocenters. The third kappa shape index (κ3) is 6.80. The van der Waals surface area contributed by atoms with Crippen molar-refractivity contribution in [3.8, 4) is 5.75 Å². The van der Waals surface area contributed by atoms with Crippen molar-refractivity contribution in [3.63, 3.8) is 0 Å². The van der Waals surface area contributed by atoms with Gasteiger partial charge < -0.3 is 30.5 Å². The van der Waals surface area contributed by atoms with Crippen LogP contribution in [0.3, 0.4) is 0 Å². The second-order valence-electron chi connectivity index (χ2n) is 6.94. The number of nitrogens with one attached hydrogen (secondary N) is 3. The van der Waals surface area contributed by atoms with Gasteiger partial charge in [0.25, 0.3) is 0 Å². The normalized spacial score (nSPS) is 20.0. The van der Waals surface area contributed by atoms with Crippen molar-refractivity contribution in [2.45, 2.75) is 31.2 Å². The first-order valence-electron chi connectivity index (χ1n) is 9.90. The van der Waals surface area contributed by atoms with E-state index in [0.717, 1.165) is 5.69 Å². The van der Waals surface area contributed by atoms with Crippen LogP contribution in [0.1, 0.15) is 12.1 Å². The fourth-order valence-corrected chi connectivity index (χ4v) is 3.10. The first-order valence-corrected chi connectivity index (χ1v) is 9.90. The summed E-state index contributed by atoms with van der Waals surface area (Å²) in [5.41, 5.74) is 1.33. The molecule has 2 aromatic rings. The zero-order chi connectivity index (χ0) is 22.1. The molecular weight excluding hydrogens is 400 g/mol. The minimum Gasteiger partial charge on any atom is -0.497 e. The summed E-state index contributed by atoms with van der Waals surface area (Å²) in [5.74, 6) is 0.426. The lowest BCUT2D eigenvalue weighted by atomic mass is 10.0. The van der Waals surface area contributed by atoms with Crippen LogP contribution >= 0.6 is 0 Å². The van der Waals surface area contributed by atoms with Gasteiger partial charge in [-0.05, 0) is 24.3 Å². The number of amides is 3. The Hall–Kier alpha value is -3.43. The van der Waals surface area contributed by atoms with E-state index in [4.69, 9.17) is 9.47 Å². The number of pyridine rings is 1. The van der Waals surface area contributed by atoms with E-state index in [1.807, 2.05) is 18.2 Å². The number of nitrogens with zero attached hydrogens (tertiary/aromatic N) is 1. The van der Waals surface area contributed by atoms with Crippen molar-refractivity contribution >= 4 is 17.6 Å². The van der Waals surface area contributed by atoms with Crippen LogP contribution in [0.4, 0.5) is 10.5 Å². The third-order valence-electron chi connectivity index (χ3n) is 4.67. The van der Waals surface area contributed by atoms with E-state index in [1.54, 1.807) is 49.7 Å². The number of rotatable bonds is 8. The van der Waals surface area contributed by atoms with E-state index in [0.29, 0.717) is 18.0 Å². The van der Waals surface area contributed by atoms with Crippen molar-refractivity contribution in [1.29, 1.82) is 0 Å². The molecule has 0 saturated carbocycles. The number of ether oxygens (including phenoxy) is 2. The second-order valence-corrected chi connectivity index (χ2v) is 6.94. The molecule has 0 spiro atoms. The predicted molar refractivity (Wildman–Crippen MR) is 115 cm³/mol. The Morgan fingerprint density at radius 1 is 1.19 bits per heavy atom. The number of carbonyl (C=O) groups excluding carboxylic acids is 2. The van der Waals surface area contributed by atoms with Crippen LogP contribution in [0, 0.1) is 0 Å². The number of methoxy groups -OCH3 is 1. The topological polar surface area (TPSA) is 122 Å². The van der Waals surface area contributed by atoms with Gasteiger partial charge in [0.1, 0.15) is 11.9 Å². The fourth-order valence-electron chi connectivity index (χ4n) is 3.10. The predicted octanol–water partition coefficient (Wildman–Crippen LogP) is 1.60. The maximum atomic E-state index is 12.3. The summed E-state index contributed by atoms with van der Waals surface area (Å²) in [6, 6.07) is 11.5. The fraction of sp³-hybridized carbons (Fsp3) is 0.318. The van der Waals surface area contributed by atoms with Crippen molar-refractivity contribution < 1.29 is 24.2 Å². The second kappa shape index (κ2) is 11.1. The number of urea groups is 1. The van der Waals surface area contributed by atoms with E-state index in [9.17, 15) is 14.7 Å². The lowest BCUT2D eigenvalue weighted by Gasteiger charge is -2.31. The molecule has 4 N–H and O–H groups in total. The SMILES string of the molecule is COc1cccc(NC(=O)N[C@@H]2C=C[C@H](CC(=O)NCc3ccccn3)O[C@H]2CO)c1. The average Bonchev–Trinajstić information content (AvgIpc) is 2.79. The molecule has 1 aliphatic heterocycles. The van der Waals surface area contributed by atoms with E-state index in [2.05, 4.69) is 20.9 Å². The van der Waals surface area contributed by atoms with Gasteiger partial charge in [-0.3, -0.25) is 9.78 Å². The molecule has 9 heteroatoms. The maximum absolute atomic E-state index is 12.3. The van der Waals surface area contributed by atoms with E-state index >= 15 is 0 Å². The highest BCUT2D eigenvalue weighted by Gasteiger charge is 2.29. The minimum atomic E-state index is -0.672. The zero-order valence-corrected chi connectivity index (χ0v) is 17.2. The summed E-state index contributed by atoms with van der Waals surface area (Å²) in [7, 11) is 1.55. The van der Waals surface area contributed by atoms with Gasteiger partial charge in [0.2, 0.25) is 5.91 Å². The molecule has 0 fully saturated rings. The molecule has 0 radical (unpaired) electrons. The van der Waals surface area contributed by atoms with Crippen molar-refractivity contribution in [2.24, 2.45) is 0 Å². The zero-order valence-electron chi connectivity index (χ0n) is 17.2. The molecule has 1 aliphatic rings. The third-order valence-corrected chi connectivity index (χ3v) is 4.67. The van der Waals surface area contributed by atoms with Crippen molar-refractivity contribution in [3.05, 3.63) is 66.5 Å². The Bertz CT molecular complexity index is 906. The number of aliphatic hydroxyl groups excluding tert-OH is 1. The molecular formula is C22H26N4O5. The number of hydrogen-bond acceptors (Lipinski definition) is 6. The highest BCUT2D eigenvalue weighted by atomic mass is 16.5. The van der Waals surface area contributed by atoms with Crippen molar-refractivity contribution in [2.75, 3.05) is 19.0 Å². The summed E-state index contributed by atoms with van der Waals surface area (Å²) in [4.78, 5) is 28.7. The van der Waals surface area contributed by atoms with Gasteiger partial charge in [-0.25, -0.2) is 4.79 Å². The molecule has 31 heavy (non-hydrogen) atoms. The highest BCUT2D eigenvalue weighted by Crippen LogP contribution is 2.18. The van der Waals surface area contributed by atoms with Gasteiger partial charge in [0.15, 0.2) is 0 Å². The highest BCUT2D eigenvalue weighted by molar-refractivity contribution is 5.89. The number of benzene rings is 1. The Labute approximate surface area is 180 Å². The molecule has 164 valence electrons. The van der Waals surface area contributed by atoms with Crippen LogP contribution in [-0.4, -0.2) is 54.0 Å². The largest absolute Gasteiger partial charge is 0.497 e. The van der Waals surface area contributed by atoms with Gasteiger partial charge in [0, 0.05) is 18.0 Å². The van der Waals surface area contributed by atoms with Crippen LogP contribution < -0.4 is 20.7 Å². The molecule has 3 atom stereocenters. The van der Waals surface area contributed by atoms with Crippen LogP contribution in [-0.2, 0) is 16.1 Å². The maximum Gasteiger partial charge on any atom is 0.319 e. The Morgan fingerprint density at radius 2 is 2.06 bits per heavy atom. The summed E-state index contributed by atoms with van der Waals surface area (Å²) >= 11 is 0. The van der Waals surface area contributed by atoms with E-state index < -0.39 is 24.3 Å². The molecule has 3 rings (SSSR count). The smallest absolute Gasteiger partial charge is 0.319 e. The molecule has 9 nitrogen and oxygen atoms in total. The summed E-state index contributed by atoms with van der Waals surface area (Å²) in [5, 5.41) is 17.9. The summed E-state index contributed by atoms with van der Waals surface area (Å²) in [6.07, 6.45) is 4.03. The summed E-state index contributed by atoms with van der Waals surface area (Å²) < 4.78 is 10.9. The first-order chi connectivity index (χ1) is 15.1. The molecule has 2 heterocycles. The number of anilines is 1. The molecule has 0 aliphatic carbocycles. The molecule has 0 saturated heterocycles. The quantitative estimate of drug-likeness (QED) is 0.476. The van der Waals surface area contributed by atoms with Gasteiger partial charge in [0.05, 0.1) is 44.5 Å². The molecule has 0 bridgehead atoms. The number of hydrogen-bond donors (Lipinski definition) is 4. The Morgan fingerprint density at radius 3 is 2.81 bits per heavy atom. The lowest BCUT2D eigenvalue weighted by Crippen LogP contribution is -2.50. The molecule has 3 amide bonds. The summed E-state index contributed by atoms with van der Waals surface area (Å²) in [6.45, 7) is 0.0225. The Kier molecular flexibility index (Phi) is 7.97. The molecule has 1 aromatic carbocycles. The first kappa shape index (κ1) is 22.3. The van der Waals surface area contributed by atoms with E-state index in [-0.39, 0.29) is 18.9 Å². The van der Waals surface area contributed by atoms with E-state index in [1.165, 1.54) is 0 Å². The average molecular weight is 426 g/mol.